The third-order valence-corrected chi connectivity index (χ3v) is 4.83. The van der Waals surface area contributed by atoms with Gasteiger partial charge in [0.1, 0.15) is 9.71 Å². The normalized spacial score (nSPS) is 16.2. The number of hydrogen-bond donors (Lipinski definition) is 1. The standard InChI is InChI=1S/C9H7Cl6N/c10-7(11)8(12,9(13,14)15)5-1-3-6(16)4-2-5/h1-4,7H,16H2. The van der Waals surface area contributed by atoms with Gasteiger partial charge in [0.05, 0.1) is 0 Å². The van der Waals surface area contributed by atoms with Crippen molar-refractivity contribution in [3.05, 3.63) is 29.8 Å². The van der Waals surface area contributed by atoms with Crippen molar-refractivity contribution in [1.29, 1.82) is 0 Å². The van der Waals surface area contributed by atoms with E-state index in [1.807, 2.05) is 0 Å². The summed E-state index contributed by atoms with van der Waals surface area (Å²) in [4.78, 5) is -2.63. The van der Waals surface area contributed by atoms with Crippen molar-refractivity contribution < 1.29 is 0 Å². The second-order valence-electron chi connectivity index (χ2n) is 3.13. The van der Waals surface area contributed by atoms with Crippen LogP contribution < -0.4 is 5.73 Å². The summed E-state index contributed by atoms with van der Waals surface area (Å²) in [6.07, 6.45) is 0. The number of halogens is 6. The van der Waals surface area contributed by atoms with E-state index >= 15 is 0 Å². The Morgan fingerprint density at radius 1 is 0.938 bits per heavy atom. The van der Waals surface area contributed by atoms with Crippen molar-refractivity contribution >= 4 is 75.3 Å². The Balaban J connectivity index is 3.28. The molecule has 1 unspecified atom stereocenters. The summed E-state index contributed by atoms with van der Waals surface area (Å²) in [6.45, 7) is 0. The van der Waals surface area contributed by atoms with Crippen molar-refractivity contribution in [3.63, 3.8) is 0 Å². The topological polar surface area (TPSA) is 26.0 Å². The molecule has 0 fully saturated rings. The Bertz CT molecular complexity index is 357. The summed E-state index contributed by atoms with van der Waals surface area (Å²) in [5, 5.41) is 0. The highest BCUT2D eigenvalue weighted by Gasteiger charge is 2.53. The average molecular weight is 342 g/mol. The SMILES string of the molecule is Nc1ccc(C(Cl)(C(Cl)Cl)C(Cl)(Cl)Cl)cc1. The molecule has 0 aliphatic rings. The molecule has 0 aliphatic carbocycles. The zero-order valence-electron chi connectivity index (χ0n) is 7.73. The maximum Gasteiger partial charge on any atom is 0.216 e. The number of anilines is 1. The molecule has 0 aliphatic heterocycles. The number of benzene rings is 1. The van der Waals surface area contributed by atoms with Crippen LogP contribution in [0.15, 0.2) is 24.3 Å². The summed E-state index contributed by atoms with van der Waals surface area (Å²) in [6, 6.07) is 6.47. The fourth-order valence-corrected chi connectivity index (χ4v) is 2.83. The molecular weight excluding hydrogens is 335 g/mol. The number of hydrogen-bond acceptors (Lipinski definition) is 1. The van der Waals surface area contributed by atoms with E-state index in [9.17, 15) is 0 Å². The summed E-state index contributed by atoms with van der Waals surface area (Å²) < 4.78 is -1.85. The summed E-state index contributed by atoms with van der Waals surface area (Å²) in [5.41, 5.74) is 6.59. The van der Waals surface area contributed by atoms with Crippen LogP contribution in [-0.2, 0) is 4.87 Å². The smallest absolute Gasteiger partial charge is 0.216 e. The minimum absolute atomic E-state index is 0.485. The van der Waals surface area contributed by atoms with E-state index in [4.69, 9.17) is 75.3 Å². The highest BCUT2D eigenvalue weighted by molar-refractivity contribution is 6.72. The van der Waals surface area contributed by atoms with Gasteiger partial charge in [-0.2, -0.15) is 0 Å². The van der Waals surface area contributed by atoms with Crippen LogP contribution in [0.5, 0.6) is 0 Å². The fraction of sp³-hybridized carbons (Fsp3) is 0.333. The third-order valence-electron chi connectivity index (χ3n) is 2.04. The molecular formula is C9H7Cl6N. The number of rotatable bonds is 2. The number of alkyl halides is 6. The van der Waals surface area contributed by atoms with Crippen LogP contribution in [-0.4, -0.2) is 8.63 Å². The molecule has 0 bridgehead atoms. The lowest BCUT2D eigenvalue weighted by Gasteiger charge is -2.35. The molecule has 90 valence electrons. The number of nitrogens with two attached hydrogens (primary N) is 1. The monoisotopic (exact) mass is 339 g/mol. The molecule has 1 aromatic rings. The molecule has 0 radical (unpaired) electrons. The van der Waals surface area contributed by atoms with E-state index in [0.717, 1.165) is 0 Å². The van der Waals surface area contributed by atoms with Crippen molar-refractivity contribution in [2.45, 2.75) is 13.5 Å². The van der Waals surface area contributed by atoms with Crippen molar-refractivity contribution in [1.82, 2.24) is 0 Å². The molecule has 7 heteroatoms. The number of nitrogen functional groups attached to an aromatic ring is 1. The van der Waals surface area contributed by atoms with Gasteiger partial charge < -0.3 is 5.73 Å². The van der Waals surface area contributed by atoms with Gasteiger partial charge in [-0.25, -0.2) is 0 Å². The van der Waals surface area contributed by atoms with E-state index < -0.39 is 13.5 Å². The predicted octanol–water partition coefficient (Wildman–Crippen LogP) is 4.88. The van der Waals surface area contributed by atoms with Gasteiger partial charge in [-0.05, 0) is 17.7 Å². The van der Waals surface area contributed by atoms with Gasteiger partial charge in [0.15, 0.2) is 0 Å². The Kier molecular flexibility index (Phi) is 4.79. The highest BCUT2D eigenvalue weighted by atomic mass is 35.6. The minimum atomic E-state index is -1.85. The first-order valence-electron chi connectivity index (χ1n) is 4.09. The van der Waals surface area contributed by atoms with Gasteiger partial charge in [-0.3, -0.25) is 0 Å². The van der Waals surface area contributed by atoms with E-state index in [0.29, 0.717) is 11.3 Å². The molecule has 0 heterocycles. The van der Waals surface area contributed by atoms with Crippen LogP contribution in [0.2, 0.25) is 0 Å². The lowest BCUT2D eigenvalue weighted by Crippen LogP contribution is -2.40. The molecule has 2 N–H and O–H groups in total. The van der Waals surface area contributed by atoms with Crippen LogP contribution in [0.1, 0.15) is 5.56 Å². The van der Waals surface area contributed by atoms with Gasteiger partial charge in [-0.1, -0.05) is 46.9 Å². The van der Waals surface area contributed by atoms with Crippen molar-refractivity contribution in [2.75, 3.05) is 5.73 Å². The van der Waals surface area contributed by atoms with Crippen LogP contribution in [0.4, 0.5) is 5.69 Å². The molecule has 1 nitrogen and oxygen atoms in total. The molecule has 0 spiro atoms. The van der Waals surface area contributed by atoms with Gasteiger partial charge >= 0.3 is 0 Å². The van der Waals surface area contributed by atoms with Crippen molar-refractivity contribution in [2.24, 2.45) is 0 Å². The summed E-state index contributed by atoms with van der Waals surface area (Å²) in [7, 11) is 0. The quantitative estimate of drug-likeness (QED) is 0.602. The van der Waals surface area contributed by atoms with E-state index in [-0.39, 0.29) is 0 Å². The predicted molar refractivity (Wildman–Crippen MR) is 74.2 cm³/mol. The zero-order chi connectivity index (χ0) is 12.6. The second kappa shape index (κ2) is 5.17. The summed E-state index contributed by atoms with van der Waals surface area (Å²) >= 11 is 35.2. The molecule has 1 rings (SSSR count). The van der Waals surface area contributed by atoms with Crippen LogP contribution in [0, 0.1) is 0 Å². The first kappa shape index (κ1) is 14.8. The summed E-state index contributed by atoms with van der Waals surface area (Å²) in [5.74, 6) is 0. The average Bonchev–Trinajstić information content (AvgIpc) is 2.15. The molecule has 1 aromatic carbocycles. The van der Waals surface area contributed by atoms with E-state index in [2.05, 4.69) is 0 Å². The molecule has 0 saturated heterocycles. The zero-order valence-corrected chi connectivity index (χ0v) is 12.3. The Hall–Kier alpha value is 0.760. The Labute approximate surface area is 124 Å². The first-order valence-corrected chi connectivity index (χ1v) is 6.48. The maximum atomic E-state index is 6.23. The third kappa shape index (κ3) is 2.77. The first-order chi connectivity index (χ1) is 7.19. The molecule has 0 aromatic heterocycles. The minimum Gasteiger partial charge on any atom is -0.399 e. The Morgan fingerprint density at radius 2 is 1.38 bits per heavy atom. The van der Waals surface area contributed by atoms with Crippen LogP contribution in [0.25, 0.3) is 0 Å². The van der Waals surface area contributed by atoms with Gasteiger partial charge in [0.25, 0.3) is 0 Å². The van der Waals surface area contributed by atoms with Gasteiger partial charge in [-0.15, -0.1) is 34.8 Å². The molecule has 16 heavy (non-hydrogen) atoms. The lowest BCUT2D eigenvalue weighted by atomic mass is 10.0. The second-order valence-corrected chi connectivity index (χ2v) is 7.11. The highest BCUT2D eigenvalue weighted by Crippen LogP contribution is 2.54. The Morgan fingerprint density at radius 3 is 1.69 bits per heavy atom. The lowest BCUT2D eigenvalue weighted by molar-refractivity contribution is 0.672. The van der Waals surface area contributed by atoms with E-state index in [1.165, 1.54) is 0 Å². The maximum absolute atomic E-state index is 6.23. The largest absolute Gasteiger partial charge is 0.399 e. The van der Waals surface area contributed by atoms with Gasteiger partial charge in [0.2, 0.25) is 3.79 Å². The molecule has 0 amide bonds. The van der Waals surface area contributed by atoms with Gasteiger partial charge in [0, 0.05) is 5.69 Å². The molecule has 0 saturated carbocycles. The van der Waals surface area contributed by atoms with Crippen molar-refractivity contribution in [3.8, 4) is 0 Å². The van der Waals surface area contributed by atoms with Crippen LogP contribution >= 0.6 is 69.6 Å². The van der Waals surface area contributed by atoms with E-state index in [1.54, 1.807) is 24.3 Å². The molecule has 1 atom stereocenters. The van der Waals surface area contributed by atoms with Crippen LogP contribution in [0.3, 0.4) is 0 Å². The fourth-order valence-electron chi connectivity index (χ4n) is 1.14.